The summed E-state index contributed by atoms with van der Waals surface area (Å²) in [6.45, 7) is 3.67. The summed E-state index contributed by atoms with van der Waals surface area (Å²) in [6, 6.07) is 14.0. The highest BCUT2D eigenvalue weighted by molar-refractivity contribution is 5.79. The minimum atomic E-state index is 0.0502. The van der Waals surface area contributed by atoms with Crippen LogP contribution in [0.3, 0.4) is 0 Å². The van der Waals surface area contributed by atoms with Gasteiger partial charge in [0.25, 0.3) is 0 Å². The van der Waals surface area contributed by atoms with Gasteiger partial charge in [-0.25, -0.2) is 0 Å². The fourth-order valence-corrected chi connectivity index (χ4v) is 3.60. The minimum absolute atomic E-state index is 0.0502. The number of tetrazole rings is 1. The number of aromatic nitrogens is 5. The molecule has 0 radical (unpaired) electrons. The Hall–Kier alpha value is -3.03. The van der Waals surface area contributed by atoms with E-state index in [9.17, 15) is 4.79 Å². The molecule has 1 aromatic carbocycles. The van der Waals surface area contributed by atoms with Gasteiger partial charge >= 0.3 is 0 Å². The van der Waals surface area contributed by atoms with Gasteiger partial charge in [0, 0.05) is 26.1 Å². The van der Waals surface area contributed by atoms with Crippen molar-refractivity contribution >= 4 is 17.4 Å². The molecule has 0 bridgehead atoms. The van der Waals surface area contributed by atoms with Gasteiger partial charge in [0.2, 0.25) is 5.91 Å². The summed E-state index contributed by atoms with van der Waals surface area (Å²) in [4.78, 5) is 17.0. The van der Waals surface area contributed by atoms with Crippen molar-refractivity contribution in [3.05, 3.63) is 48.0 Å². The molecule has 1 aliphatic rings. The van der Waals surface area contributed by atoms with E-state index < -0.39 is 0 Å². The second-order valence-electron chi connectivity index (χ2n) is 7.02. The average Bonchev–Trinajstić information content (AvgIpc) is 3.21. The maximum atomic E-state index is 13.0. The van der Waals surface area contributed by atoms with Crippen LogP contribution in [0.2, 0.25) is 0 Å². The molecule has 1 amide bonds. The smallest absolute Gasteiger partial charge is 0.226 e. The van der Waals surface area contributed by atoms with Gasteiger partial charge < -0.3 is 9.80 Å². The molecule has 2 aromatic heterocycles. The molecule has 0 saturated carbocycles. The third kappa shape index (κ3) is 3.47. The number of benzene rings is 1. The molecule has 27 heavy (non-hydrogen) atoms. The zero-order valence-corrected chi connectivity index (χ0v) is 15.6. The fourth-order valence-electron chi connectivity index (χ4n) is 3.60. The van der Waals surface area contributed by atoms with E-state index in [0.717, 1.165) is 37.3 Å². The molecule has 8 nitrogen and oxygen atoms in total. The van der Waals surface area contributed by atoms with Gasteiger partial charge in [0.05, 0.1) is 6.04 Å². The quantitative estimate of drug-likeness (QED) is 0.703. The number of carbonyl (C=O) groups excluding carboxylic acids is 1. The lowest BCUT2D eigenvalue weighted by atomic mass is 9.94. The standard InChI is InChI=1S/C19H23N7O/c1-14(15-6-4-3-5-7-15)24(2)19(27)16-10-12-25(13-11-16)18-9-8-17-20-22-23-26(17)21-18/h3-9,14,16H,10-13H2,1-2H3/t14-/m1/s1. The molecule has 0 aliphatic carbocycles. The lowest BCUT2D eigenvalue weighted by molar-refractivity contribution is -0.136. The zero-order chi connectivity index (χ0) is 18.8. The molecule has 0 unspecified atom stereocenters. The first-order valence-electron chi connectivity index (χ1n) is 9.25. The Bertz CT molecular complexity index is 918. The highest BCUT2D eigenvalue weighted by Gasteiger charge is 2.30. The van der Waals surface area contributed by atoms with E-state index in [2.05, 4.69) is 44.6 Å². The van der Waals surface area contributed by atoms with Crippen molar-refractivity contribution in [3.63, 3.8) is 0 Å². The summed E-state index contributed by atoms with van der Waals surface area (Å²) < 4.78 is 1.43. The Morgan fingerprint density at radius 1 is 1.15 bits per heavy atom. The van der Waals surface area contributed by atoms with Crippen LogP contribution in [0.15, 0.2) is 42.5 Å². The molecular weight excluding hydrogens is 342 g/mol. The van der Waals surface area contributed by atoms with Crippen molar-refractivity contribution in [2.24, 2.45) is 5.92 Å². The SMILES string of the molecule is C[C@H](c1ccccc1)N(C)C(=O)C1CCN(c2ccc3nnnn3n2)CC1. The Labute approximate surface area is 157 Å². The van der Waals surface area contributed by atoms with Crippen molar-refractivity contribution in [3.8, 4) is 0 Å². The monoisotopic (exact) mass is 365 g/mol. The number of anilines is 1. The first-order chi connectivity index (χ1) is 13.1. The van der Waals surface area contributed by atoms with Gasteiger partial charge in [-0.15, -0.1) is 14.8 Å². The van der Waals surface area contributed by atoms with E-state index in [4.69, 9.17) is 0 Å². The van der Waals surface area contributed by atoms with E-state index in [1.807, 2.05) is 42.3 Å². The van der Waals surface area contributed by atoms with Gasteiger partial charge in [-0.3, -0.25) is 4.79 Å². The number of carbonyl (C=O) groups is 1. The topological polar surface area (TPSA) is 79.5 Å². The van der Waals surface area contributed by atoms with Crippen LogP contribution < -0.4 is 4.90 Å². The van der Waals surface area contributed by atoms with E-state index in [-0.39, 0.29) is 17.9 Å². The molecule has 8 heteroatoms. The molecule has 4 rings (SSSR count). The number of rotatable bonds is 4. The van der Waals surface area contributed by atoms with E-state index in [0.29, 0.717) is 5.65 Å². The van der Waals surface area contributed by atoms with Crippen LogP contribution in [0.4, 0.5) is 5.82 Å². The molecule has 1 saturated heterocycles. The predicted octanol–water partition coefficient (Wildman–Crippen LogP) is 1.96. The second kappa shape index (κ2) is 7.30. The minimum Gasteiger partial charge on any atom is -0.355 e. The highest BCUT2D eigenvalue weighted by atomic mass is 16.2. The van der Waals surface area contributed by atoms with E-state index in [1.165, 1.54) is 4.63 Å². The Kier molecular flexibility index (Phi) is 4.70. The lowest BCUT2D eigenvalue weighted by Gasteiger charge is -2.35. The molecule has 3 heterocycles. The summed E-state index contributed by atoms with van der Waals surface area (Å²) >= 11 is 0. The summed E-state index contributed by atoms with van der Waals surface area (Å²) in [5.74, 6) is 1.11. The zero-order valence-electron chi connectivity index (χ0n) is 15.6. The maximum absolute atomic E-state index is 13.0. The van der Waals surface area contributed by atoms with Crippen LogP contribution in [0.25, 0.3) is 5.65 Å². The molecule has 1 aliphatic heterocycles. The number of hydrogen-bond acceptors (Lipinski definition) is 6. The third-order valence-electron chi connectivity index (χ3n) is 5.43. The van der Waals surface area contributed by atoms with Gasteiger partial charge in [-0.05, 0) is 47.9 Å². The summed E-state index contributed by atoms with van der Waals surface area (Å²) in [5, 5.41) is 15.8. The summed E-state index contributed by atoms with van der Waals surface area (Å²) in [7, 11) is 1.90. The molecule has 140 valence electrons. The van der Waals surface area contributed by atoms with Crippen molar-refractivity contribution in [1.29, 1.82) is 0 Å². The largest absolute Gasteiger partial charge is 0.355 e. The number of nitrogens with zero attached hydrogens (tertiary/aromatic N) is 7. The van der Waals surface area contributed by atoms with Crippen molar-refractivity contribution in [2.45, 2.75) is 25.8 Å². The molecule has 1 fully saturated rings. The predicted molar refractivity (Wildman–Crippen MR) is 101 cm³/mol. The number of piperidine rings is 1. The number of fused-ring (bicyclic) bond motifs is 1. The van der Waals surface area contributed by atoms with Gasteiger partial charge in [0.15, 0.2) is 11.5 Å². The first-order valence-corrected chi connectivity index (χ1v) is 9.25. The molecule has 0 spiro atoms. The molecule has 0 N–H and O–H groups in total. The highest BCUT2D eigenvalue weighted by Crippen LogP contribution is 2.26. The van der Waals surface area contributed by atoms with Gasteiger partial charge in [-0.2, -0.15) is 0 Å². The maximum Gasteiger partial charge on any atom is 0.226 e. The van der Waals surface area contributed by atoms with Crippen LogP contribution in [-0.2, 0) is 4.79 Å². The van der Waals surface area contributed by atoms with E-state index in [1.54, 1.807) is 0 Å². The van der Waals surface area contributed by atoms with Crippen molar-refractivity contribution in [1.82, 2.24) is 30.2 Å². The third-order valence-corrected chi connectivity index (χ3v) is 5.43. The molecule has 3 aromatic rings. The Balaban J connectivity index is 1.38. The lowest BCUT2D eigenvalue weighted by Crippen LogP contribution is -2.42. The Morgan fingerprint density at radius 3 is 2.63 bits per heavy atom. The Morgan fingerprint density at radius 2 is 1.89 bits per heavy atom. The fraction of sp³-hybridized carbons (Fsp3) is 0.421. The number of hydrogen-bond donors (Lipinski definition) is 0. The second-order valence-corrected chi connectivity index (χ2v) is 7.02. The van der Waals surface area contributed by atoms with Crippen LogP contribution in [0.1, 0.15) is 31.4 Å². The molecule has 1 atom stereocenters. The van der Waals surface area contributed by atoms with Crippen LogP contribution in [0.5, 0.6) is 0 Å². The van der Waals surface area contributed by atoms with Crippen LogP contribution >= 0.6 is 0 Å². The number of amides is 1. The van der Waals surface area contributed by atoms with Crippen molar-refractivity contribution in [2.75, 3.05) is 25.0 Å². The molecular formula is C19H23N7O. The average molecular weight is 365 g/mol. The van der Waals surface area contributed by atoms with Crippen molar-refractivity contribution < 1.29 is 4.79 Å². The van der Waals surface area contributed by atoms with Gasteiger partial charge in [-0.1, -0.05) is 30.3 Å². The van der Waals surface area contributed by atoms with Crippen LogP contribution in [0, 0.1) is 5.92 Å². The van der Waals surface area contributed by atoms with Crippen LogP contribution in [-0.4, -0.2) is 56.2 Å². The van der Waals surface area contributed by atoms with E-state index >= 15 is 0 Å². The van der Waals surface area contributed by atoms with Gasteiger partial charge in [0.1, 0.15) is 0 Å². The summed E-state index contributed by atoms with van der Waals surface area (Å²) in [6.07, 6.45) is 1.64. The normalized spacial score (nSPS) is 16.4. The first kappa shape index (κ1) is 17.4. The summed E-state index contributed by atoms with van der Waals surface area (Å²) in [5.41, 5.74) is 1.78.